The van der Waals surface area contributed by atoms with E-state index in [1.54, 1.807) is 0 Å². The monoisotopic (exact) mass is 502 g/mol. The van der Waals surface area contributed by atoms with Gasteiger partial charge in [0.2, 0.25) is 0 Å². The molecule has 0 N–H and O–H groups in total. The van der Waals surface area contributed by atoms with Crippen molar-refractivity contribution in [3.63, 3.8) is 0 Å². The summed E-state index contributed by atoms with van der Waals surface area (Å²) in [6.07, 6.45) is 17.1. The zero-order valence-electron chi connectivity index (χ0n) is 15.9. The van der Waals surface area contributed by atoms with Crippen molar-refractivity contribution < 1.29 is 26.8 Å². The number of halogens is 2. The van der Waals surface area contributed by atoms with Gasteiger partial charge in [-0.3, -0.25) is 0 Å². The minimum absolute atomic E-state index is 0.155. The first-order valence-corrected chi connectivity index (χ1v) is 15.5. The topological polar surface area (TPSA) is 18.5 Å². The summed E-state index contributed by atoms with van der Waals surface area (Å²) in [5.41, 5.74) is 2.14. The van der Waals surface area contributed by atoms with Crippen LogP contribution in [-0.4, -0.2) is 0 Å². The first kappa shape index (κ1) is 20.7. The Balaban J connectivity index is 1.74. The van der Waals surface area contributed by atoms with Crippen molar-refractivity contribution >= 4 is 23.2 Å². The molecule has 0 bridgehead atoms. The van der Waals surface area contributed by atoms with Gasteiger partial charge in [-0.05, 0) is 0 Å². The van der Waals surface area contributed by atoms with E-state index in [-0.39, 0.29) is 7.25 Å². The summed E-state index contributed by atoms with van der Waals surface area (Å²) in [7, 11) is 0. The SMILES string of the molecule is ClCc1ccc([O][Zr]([O]c2ccc(CCl)cc2)([CH]2C=CC=C2)[CH]2C=CC=C2)cc1. The van der Waals surface area contributed by atoms with Gasteiger partial charge in [0.05, 0.1) is 0 Å². The minimum atomic E-state index is -3.86. The third kappa shape index (κ3) is 4.63. The van der Waals surface area contributed by atoms with Crippen LogP contribution in [-0.2, 0) is 32.9 Å². The Morgan fingerprint density at radius 3 is 1.24 bits per heavy atom. The Kier molecular flexibility index (Phi) is 6.80. The van der Waals surface area contributed by atoms with Gasteiger partial charge >= 0.3 is 189 Å². The normalized spacial score (nSPS) is 16.1. The fourth-order valence-corrected chi connectivity index (χ4v) is 12.7. The molecule has 2 aromatic carbocycles. The molecule has 2 aromatic rings. The van der Waals surface area contributed by atoms with Crippen molar-refractivity contribution in [3.8, 4) is 11.5 Å². The standard InChI is InChI=1S/2C7H7ClO.2C5H5.Zr/c2*8-5-6-1-3-7(9)4-2-6;2*1-2-4-5-3-1;/h2*1-4,9H,5H2;2*1-5H;/q;;;;+2/p-2. The Labute approximate surface area is 187 Å². The summed E-state index contributed by atoms with van der Waals surface area (Å²) in [6, 6.07) is 16.0. The maximum absolute atomic E-state index is 6.84. The molecule has 0 saturated heterocycles. The van der Waals surface area contributed by atoms with E-state index in [1.807, 2.05) is 48.5 Å². The van der Waals surface area contributed by atoms with Crippen molar-refractivity contribution in [1.82, 2.24) is 0 Å². The summed E-state index contributed by atoms with van der Waals surface area (Å²) in [5, 5.41) is 0. The third-order valence-electron chi connectivity index (χ3n) is 5.14. The molecule has 4 rings (SSSR count). The van der Waals surface area contributed by atoms with Gasteiger partial charge in [0.25, 0.3) is 0 Å². The van der Waals surface area contributed by atoms with Gasteiger partial charge < -0.3 is 0 Å². The first-order chi connectivity index (χ1) is 14.2. The third-order valence-corrected chi connectivity index (χ3v) is 14.9. The Morgan fingerprint density at radius 1 is 0.586 bits per heavy atom. The van der Waals surface area contributed by atoms with Crippen LogP contribution in [0.5, 0.6) is 11.5 Å². The van der Waals surface area contributed by atoms with E-state index < -0.39 is 21.1 Å². The average molecular weight is 505 g/mol. The predicted octanol–water partition coefficient (Wildman–Crippen LogP) is 7.43. The van der Waals surface area contributed by atoms with Gasteiger partial charge in [0, 0.05) is 0 Å². The molecule has 0 saturated carbocycles. The number of hydrogen-bond acceptors (Lipinski definition) is 2. The molecular weight excluding hydrogens is 482 g/mol. The van der Waals surface area contributed by atoms with E-state index in [1.165, 1.54) is 0 Å². The van der Waals surface area contributed by atoms with Gasteiger partial charge in [-0.25, -0.2) is 0 Å². The van der Waals surface area contributed by atoms with Gasteiger partial charge in [-0.1, -0.05) is 0 Å². The quantitative estimate of drug-likeness (QED) is 0.348. The summed E-state index contributed by atoms with van der Waals surface area (Å²) in [4.78, 5) is 0. The van der Waals surface area contributed by atoms with E-state index in [9.17, 15) is 0 Å². The zero-order chi connectivity index (χ0) is 20.1. The van der Waals surface area contributed by atoms with Gasteiger partial charge in [0.1, 0.15) is 0 Å². The Bertz CT molecular complexity index is 842. The molecule has 2 nitrogen and oxygen atoms in total. The van der Waals surface area contributed by atoms with E-state index in [4.69, 9.17) is 28.8 Å². The van der Waals surface area contributed by atoms with E-state index in [0.29, 0.717) is 11.8 Å². The van der Waals surface area contributed by atoms with Crippen LogP contribution >= 0.6 is 23.2 Å². The molecule has 0 amide bonds. The van der Waals surface area contributed by atoms with Crippen LogP contribution in [0.25, 0.3) is 0 Å². The molecule has 0 spiro atoms. The number of rotatable bonds is 8. The Morgan fingerprint density at radius 2 is 0.931 bits per heavy atom. The molecule has 0 fully saturated rings. The number of alkyl halides is 2. The van der Waals surface area contributed by atoms with Crippen LogP contribution in [0, 0.1) is 0 Å². The van der Waals surface area contributed by atoms with Crippen LogP contribution in [0.15, 0.2) is 97.1 Å². The van der Waals surface area contributed by atoms with Crippen molar-refractivity contribution in [1.29, 1.82) is 0 Å². The fourth-order valence-electron chi connectivity index (χ4n) is 3.58. The molecule has 29 heavy (non-hydrogen) atoms. The van der Waals surface area contributed by atoms with Gasteiger partial charge in [-0.2, -0.15) is 0 Å². The molecule has 0 heterocycles. The van der Waals surface area contributed by atoms with E-state index in [0.717, 1.165) is 22.6 Å². The van der Waals surface area contributed by atoms with Crippen molar-refractivity contribution in [2.75, 3.05) is 0 Å². The van der Waals surface area contributed by atoms with Gasteiger partial charge in [-0.15, -0.1) is 0 Å². The second kappa shape index (κ2) is 9.52. The number of allylic oxidation sites excluding steroid dienone is 8. The molecular formula is C24H22Cl2O2Zr. The van der Waals surface area contributed by atoms with Crippen LogP contribution in [0.1, 0.15) is 11.1 Å². The molecule has 0 unspecified atom stereocenters. The first-order valence-electron chi connectivity index (χ1n) is 9.61. The van der Waals surface area contributed by atoms with Crippen LogP contribution in [0.4, 0.5) is 0 Å². The fraction of sp³-hybridized carbons (Fsp3) is 0.167. The number of benzene rings is 2. The van der Waals surface area contributed by atoms with Crippen LogP contribution in [0.2, 0.25) is 7.25 Å². The van der Waals surface area contributed by atoms with Crippen molar-refractivity contribution in [2.24, 2.45) is 0 Å². The molecule has 0 aromatic heterocycles. The second-order valence-electron chi connectivity index (χ2n) is 7.07. The van der Waals surface area contributed by atoms with Gasteiger partial charge in [0.15, 0.2) is 0 Å². The van der Waals surface area contributed by atoms with Crippen LogP contribution in [0.3, 0.4) is 0 Å². The van der Waals surface area contributed by atoms with E-state index >= 15 is 0 Å². The molecule has 2 aliphatic rings. The average Bonchev–Trinajstić information content (AvgIpc) is 3.49. The molecule has 0 aliphatic heterocycles. The molecule has 0 radical (unpaired) electrons. The second-order valence-corrected chi connectivity index (χ2v) is 15.4. The predicted molar refractivity (Wildman–Crippen MR) is 117 cm³/mol. The van der Waals surface area contributed by atoms with E-state index in [2.05, 4.69) is 48.6 Å². The molecule has 5 heteroatoms. The Hall–Kier alpha value is -1.54. The molecule has 148 valence electrons. The maximum atomic E-state index is 6.84. The molecule has 2 aliphatic carbocycles. The number of hydrogen-bond donors (Lipinski definition) is 0. The summed E-state index contributed by atoms with van der Waals surface area (Å²) < 4.78 is 14.0. The summed E-state index contributed by atoms with van der Waals surface area (Å²) in [6.45, 7) is 0. The van der Waals surface area contributed by atoms with Crippen molar-refractivity contribution in [3.05, 3.63) is 108 Å². The molecule has 0 atom stereocenters. The summed E-state index contributed by atoms with van der Waals surface area (Å²) >= 11 is 8.04. The van der Waals surface area contributed by atoms with Crippen LogP contribution < -0.4 is 5.63 Å². The van der Waals surface area contributed by atoms with Crippen molar-refractivity contribution in [2.45, 2.75) is 19.0 Å². The summed E-state index contributed by atoms with van der Waals surface area (Å²) in [5.74, 6) is 2.63. The zero-order valence-corrected chi connectivity index (χ0v) is 19.8.